The van der Waals surface area contributed by atoms with E-state index in [0.717, 1.165) is 30.7 Å². The maximum atomic E-state index is 13.4. The van der Waals surface area contributed by atoms with Gasteiger partial charge in [0, 0.05) is 19.8 Å². The molecule has 0 aliphatic heterocycles. The van der Waals surface area contributed by atoms with Crippen LogP contribution in [0.4, 0.5) is 4.39 Å². The number of benzene rings is 1. The molecule has 0 saturated heterocycles. The first-order valence-electron chi connectivity index (χ1n) is 6.58. The quantitative estimate of drug-likeness (QED) is 0.803. The van der Waals surface area contributed by atoms with E-state index in [1.54, 1.807) is 13.2 Å². The maximum absolute atomic E-state index is 13.4. The van der Waals surface area contributed by atoms with E-state index in [9.17, 15) is 4.39 Å². The van der Waals surface area contributed by atoms with Gasteiger partial charge in [-0.25, -0.2) is 4.39 Å². The molecule has 102 valence electrons. The van der Waals surface area contributed by atoms with Crippen molar-refractivity contribution in [2.75, 3.05) is 20.3 Å². The molecule has 0 fully saturated rings. The zero-order valence-corrected chi connectivity index (χ0v) is 11.8. The third-order valence-electron chi connectivity index (χ3n) is 3.35. The number of hydrogen-bond acceptors (Lipinski definition) is 2. The topological polar surface area (TPSA) is 21.3 Å². The lowest BCUT2D eigenvalue weighted by molar-refractivity contribution is 0.170. The molecule has 0 bridgehead atoms. The van der Waals surface area contributed by atoms with Crippen LogP contribution in [0.15, 0.2) is 18.2 Å². The Morgan fingerprint density at radius 2 is 2.11 bits per heavy atom. The summed E-state index contributed by atoms with van der Waals surface area (Å²) in [5.41, 5.74) is 2.19. The van der Waals surface area contributed by atoms with E-state index >= 15 is 0 Å². The van der Waals surface area contributed by atoms with Gasteiger partial charge in [-0.05, 0) is 49.1 Å². The molecule has 0 aliphatic carbocycles. The van der Waals surface area contributed by atoms with E-state index in [1.807, 2.05) is 13.0 Å². The highest BCUT2D eigenvalue weighted by Crippen LogP contribution is 2.27. The van der Waals surface area contributed by atoms with Crippen LogP contribution in [-0.4, -0.2) is 20.3 Å². The summed E-state index contributed by atoms with van der Waals surface area (Å²) in [5, 5.41) is 3.45. The summed E-state index contributed by atoms with van der Waals surface area (Å²) in [6.45, 7) is 7.89. The van der Waals surface area contributed by atoms with Crippen LogP contribution < -0.4 is 5.32 Å². The van der Waals surface area contributed by atoms with Gasteiger partial charge in [-0.2, -0.15) is 0 Å². The van der Waals surface area contributed by atoms with Crippen molar-refractivity contribution < 1.29 is 9.13 Å². The van der Waals surface area contributed by atoms with Gasteiger partial charge in [0.15, 0.2) is 0 Å². The summed E-state index contributed by atoms with van der Waals surface area (Å²) in [6, 6.07) is 5.19. The summed E-state index contributed by atoms with van der Waals surface area (Å²) in [5.74, 6) is 0.239. The minimum absolute atomic E-state index is 0.169. The van der Waals surface area contributed by atoms with Gasteiger partial charge in [-0.15, -0.1) is 0 Å². The Morgan fingerprint density at radius 3 is 2.72 bits per heavy atom. The second-order valence-corrected chi connectivity index (χ2v) is 4.80. The highest BCUT2D eigenvalue weighted by atomic mass is 19.1. The molecular formula is C15H24FNO. The van der Waals surface area contributed by atoms with E-state index in [0.29, 0.717) is 5.92 Å². The van der Waals surface area contributed by atoms with Gasteiger partial charge < -0.3 is 10.1 Å². The Labute approximate surface area is 110 Å². The van der Waals surface area contributed by atoms with Crippen LogP contribution in [0.2, 0.25) is 0 Å². The van der Waals surface area contributed by atoms with Crippen LogP contribution in [0.25, 0.3) is 0 Å². The fourth-order valence-electron chi connectivity index (χ4n) is 2.25. The minimum Gasteiger partial charge on any atom is -0.385 e. The van der Waals surface area contributed by atoms with E-state index < -0.39 is 0 Å². The van der Waals surface area contributed by atoms with E-state index in [2.05, 4.69) is 19.2 Å². The van der Waals surface area contributed by atoms with Crippen LogP contribution in [0.5, 0.6) is 0 Å². The molecule has 1 aromatic rings. The van der Waals surface area contributed by atoms with Crippen LogP contribution in [-0.2, 0) is 4.74 Å². The molecule has 0 aromatic heterocycles. The second kappa shape index (κ2) is 7.49. The van der Waals surface area contributed by atoms with Crippen molar-refractivity contribution >= 4 is 0 Å². The van der Waals surface area contributed by atoms with Crippen molar-refractivity contribution in [3.8, 4) is 0 Å². The van der Waals surface area contributed by atoms with Crippen LogP contribution in [0.1, 0.15) is 37.4 Å². The van der Waals surface area contributed by atoms with Crippen molar-refractivity contribution in [3.63, 3.8) is 0 Å². The van der Waals surface area contributed by atoms with Gasteiger partial charge in [0.1, 0.15) is 5.82 Å². The molecule has 1 N–H and O–H groups in total. The molecule has 0 radical (unpaired) electrons. The molecule has 1 rings (SSSR count). The second-order valence-electron chi connectivity index (χ2n) is 4.80. The Balaban J connectivity index is 2.92. The third-order valence-corrected chi connectivity index (χ3v) is 3.35. The van der Waals surface area contributed by atoms with Gasteiger partial charge in [0.05, 0.1) is 0 Å². The largest absolute Gasteiger partial charge is 0.385 e. The highest BCUT2D eigenvalue weighted by molar-refractivity contribution is 5.30. The SMILES string of the molecule is CCNC(c1cc(F)ccc1C)C(C)CCOC. The van der Waals surface area contributed by atoms with Crippen molar-refractivity contribution in [2.45, 2.75) is 33.2 Å². The predicted molar refractivity (Wildman–Crippen MR) is 73.2 cm³/mol. The maximum Gasteiger partial charge on any atom is 0.123 e. The number of halogens is 1. The standard InChI is InChI=1S/C15H24FNO/c1-5-17-15(12(3)8-9-18-4)14-10-13(16)7-6-11(14)2/h6-7,10,12,15,17H,5,8-9H2,1-4H3. The summed E-state index contributed by atoms with van der Waals surface area (Å²) in [4.78, 5) is 0. The first-order valence-corrected chi connectivity index (χ1v) is 6.58. The van der Waals surface area contributed by atoms with Gasteiger partial charge in [-0.1, -0.05) is 19.9 Å². The molecule has 1 aromatic carbocycles. The Bertz CT molecular complexity index is 368. The van der Waals surface area contributed by atoms with Gasteiger partial charge in [0.2, 0.25) is 0 Å². The molecule has 2 nitrogen and oxygen atoms in total. The smallest absolute Gasteiger partial charge is 0.123 e. The fraction of sp³-hybridized carbons (Fsp3) is 0.600. The first-order chi connectivity index (χ1) is 8.60. The molecule has 0 saturated carbocycles. The number of hydrogen-bond donors (Lipinski definition) is 1. The van der Waals surface area contributed by atoms with Crippen LogP contribution >= 0.6 is 0 Å². The lowest BCUT2D eigenvalue weighted by Crippen LogP contribution is -2.28. The van der Waals surface area contributed by atoms with Crippen molar-refractivity contribution in [1.82, 2.24) is 5.32 Å². The number of aryl methyl sites for hydroxylation is 1. The van der Waals surface area contributed by atoms with Crippen molar-refractivity contribution in [1.29, 1.82) is 0 Å². The van der Waals surface area contributed by atoms with E-state index in [4.69, 9.17) is 4.74 Å². The molecule has 0 amide bonds. The summed E-state index contributed by atoms with van der Waals surface area (Å²) >= 11 is 0. The van der Waals surface area contributed by atoms with Gasteiger partial charge >= 0.3 is 0 Å². The zero-order valence-electron chi connectivity index (χ0n) is 11.8. The number of ether oxygens (including phenoxy) is 1. The number of rotatable bonds is 7. The van der Waals surface area contributed by atoms with Crippen LogP contribution in [0, 0.1) is 18.7 Å². The molecule has 2 atom stereocenters. The molecular weight excluding hydrogens is 229 g/mol. The van der Waals surface area contributed by atoms with E-state index in [-0.39, 0.29) is 11.9 Å². The molecule has 0 spiro atoms. The molecule has 0 heterocycles. The van der Waals surface area contributed by atoms with E-state index in [1.165, 1.54) is 6.07 Å². The predicted octanol–water partition coefficient (Wildman–Crippen LogP) is 3.46. The van der Waals surface area contributed by atoms with Gasteiger partial charge in [0.25, 0.3) is 0 Å². The Morgan fingerprint density at radius 1 is 1.39 bits per heavy atom. The molecule has 0 aliphatic rings. The summed E-state index contributed by atoms with van der Waals surface area (Å²) in [7, 11) is 1.71. The lowest BCUT2D eigenvalue weighted by atomic mass is 9.89. The monoisotopic (exact) mass is 253 g/mol. The van der Waals surface area contributed by atoms with Gasteiger partial charge in [-0.3, -0.25) is 0 Å². The number of nitrogens with one attached hydrogen (secondary N) is 1. The summed E-state index contributed by atoms with van der Waals surface area (Å²) < 4.78 is 18.5. The third kappa shape index (κ3) is 4.07. The molecule has 18 heavy (non-hydrogen) atoms. The number of methoxy groups -OCH3 is 1. The molecule has 2 unspecified atom stereocenters. The van der Waals surface area contributed by atoms with Crippen molar-refractivity contribution in [3.05, 3.63) is 35.1 Å². The Kier molecular flexibility index (Phi) is 6.30. The average molecular weight is 253 g/mol. The molecule has 3 heteroatoms. The zero-order chi connectivity index (χ0) is 13.5. The lowest BCUT2D eigenvalue weighted by Gasteiger charge is -2.26. The summed E-state index contributed by atoms with van der Waals surface area (Å²) in [6.07, 6.45) is 0.962. The minimum atomic E-state index is -0.169. The normalized spacial score (nSPS) is 14.5. The Hall–Kier alpha value is -0.930. The van der Waals surface area contributed by atoms with Crippen LogP contribution in [0.3, 0.4) is 0 Å². The average Bonchev–Trinajstić information content (AvgIpc) is 2.36. The highest BCUT2D eigenvalue weighted by Gasteiger charge is 2.20. The first kappa shape index (κ1) is 15.1. The fourth-order valence-corrected chi connectivity index (χ4v) is 2.25. The van der Waals surface area contributed by atoms with Crippen molar-refractivity contribution in [2.24, 2.45) is 5.92 Å².